The number of aliphatic imine (C=N–C) groups is 1. The molecular weight excluding hydrogens is 645 g/mol. The first-order valence-electron chi connectivity index (χ1n) is 16.9. The molecule has 1 saturated carbocycles. The van der Waals surface area contributed by atoms with Crippen molar-refractivity contribution in [2.24, 2.45) is 17.5 Å². The van der Waals surface area contributed by atoms with Crippen LogP contribution in [-0.2, 0) is 39.8 Å². The molecule has 0 amide bonds. The Labute approximate surface area is 301 Å². The largest absolute Gasteiger partial charge is 0.662 e. The molecule has 7 nitrogen and oxygen atoms in total. The monoisotopic (exact) mass is 695 g/mol. The van der Waals surface area contributed by atoms with Crippen molar-refractivity contribution < 1.29 is 32.7 Å². The maximum atomic E-state index is 11.3. The van der Waals surface area contributed by atoms with Gasteiger partial charge in [0, 0.05) is 70.2 Å². The van der Waals surface area contributed by atoms with E-state index >= 15 is 0 Å². The van der Waals surface area contributed by atoms with E-state index in [1.165, 1.54) is 78.9 Å². The average molecular weight is 696 g/mol. The van der Waals surface area contributed by atoms with Crippen LogP contribution in [0.1, 0.15) is 82.7 Å². The van der Waals surface area contributed by atoms with E-state index in [1.54, 1.807) is 7.05 Å². The number of nitrogens with one attached hydrogen (secondary N) is 1. The Bertz CT molecular complexity index is 1440. The molecule has 1 aromatic heterocycles. The zero-order valence-corrected chi connectivity index (χ0v) is 30.6. The molecule has 1 spiro atoms. The zero-order valence-electron chi connectivity index (χ0n) is 27.8. The van der Waals surface area contributed by atoms with E-state index in [9.17, 15) is 4.79 Å². The molecule has 0 unspecified atom stereocenters. The Morgan fingerprint density at radius 3 is 2.37 bits per heavy atom. The van der Waals surface area contributed by atoms with Crippen molar-refractivity contribution in [3.05, 3.63) is 111 Å². The minimum Gasteiger partial charge on any atom is -0.662 e. The normalized spacial score (nSPS) is 21.8. The summed E-state index contributed by atoms with van der Waals surface area (Å²) in [7, 11) is 1.68. The number of rotatable bonds is 5. The minimum absolute atomic E-state index is 0. The number of aromatic nitrogens is 2. The Kier molecular flexibility index (Phi) is 15.0. The fourth-order valence-electron chi connectivity index (χ4n) is 6.82. The van der Waals surface area contributed by atoms with E-state index < -0.39 is 0 Å². The fraction of sp³-hybridized carbons (Fsp3) is 0.500. The van der Waals surface area contributed by atoms with Crippen molar-refractivity contribution >= 4 is 6.21 Å². The first-order chi connectivity index (χ1) is 22.0. The van der Waals surface area contributed by atoms with Gasteiger partial charge in [-0.25, -0.2) is 4.98 Å². The summed E-state index contributed by atoms with van der Waals surface area (Å²) in [5, 5.41) is 13.0. The number of hydrogen-bond acceptors (Lipinski definition) is 4. The van der Waals surface area contributed by atoms with Gasteiger partial charge in [-0.15, -0.1) is 25.7 Å². The fourth-order valence-corrected chi connectivity index (χ4v) is 6.82. The van der Waals surface area contributed by atoms with Gasteiger partial charge < -0.3 is 20.5 Å². The summed E-state index contributed by atoms with van der Waals surface area (Å²) < 4.78 is 1.45. The first kappa shape index (κ1) is 36.5. The summed E-state index contributed by atoms with van der Waals surface area (Å²) in [5.41, 5.74) is 6.36. The van der Waals surface area contributed by atoms with Crippen LogP contribution in [0, 0.1) is 5.41 Å². The molecule has 3 aromatic rings. The predicted octanol–water partition coefficient (Wildman–Crippen LogP) is 8.15. The van der Waals surface area contributed by atoms with Crippen LogP contribution in [-0.4, -0.2) is 48.0 Å². The first-order valence-corrected chi connectivity index (χ1v) is 16.9. The molecule has 1 radical (unpaired) electrons. The molecule has 7 rings (SSSR count). The third-order valence-electron chi connectivity index (χ3n) is 9.65. The maximum absolute atomic E-state index is 11.3. The summed E-state index contributed by atoms with van der Waals surface area (Å²) >= 11 is 0. The second kappa shape index (κ2) is 18.9. The summed E-state index contributed by atoms with van der Waals surface area (Å²) in [4.78, 5) is 20.0. The molecule has 3 aliphatic heterocycles. The van der Waals surface area contributed by atoms with Crippen LogP contribution < -0.4 is 10.9 Å². The van der Waals surface area contributed by atoms with Gasteiger partial charge in [0.25, 0.3) is 5.56 Å². The molecule has 8 heteroatoms. The quantitative estimate of drug-likeness (QED) is 0.292. The third-order valence-corrected chi connectivity index (χ3v) is 9.65. The Balaban J connectivity index is 0.000000166. The van der Waals surface area contributed by atoms with E-state index in [0.717, 1.165) is 50.9 Å². The summed E-state index contributed by atoms with van der Waals surface area (Å²) in [5.74, 6) is 0. The molecule has 1 aliphatic carbocycles. The standard InChI is InChI=1S/C18H24N3.C11H10N2O.C9H16N.Y/c1-14-6-5-10-19-18(14)13-21-16-9-11-20-17(12-16)15-7-3-2-4-8-15;1-13-8-12-10(7-11(13)14)9-5-3-2-4-6-9;1-2-5-9(4-1)6-3-7-10-8-9;/h2-4,7-8,10,16-17,21H,5-6,9,11-13H2,1H3;2-8H,1H3;1-8H2;/q-1;;-1;/t16-,17+;;;/m1.../s1. The molecule has 3 fully saturated rings. The Morgan fingerprint density at radius 1 is 0.978 bits per heavy atom. The second-order valence-electron chi connectivity index (χ2n) is 13.0. The molecule has 2 atom stereocenters. The molecule has 0 bridgehead atoms. The van der Waals surface area contributed by atoms with Gasteiger partial charge in [0.15, 0.2) is 0 Å². The SMILES string of the molecule is C1CCC2(C1)CCC[N-]C2.CC1=C(CN[C@@H]2CC[N-][C@H](c3ccccc3)C2)N=CCC1.Cn1cnc(-c2ccccc2)cc1=O.[Y]. The van der Waals surface area contributed by atoms with Crippen LogP contribution in [0.4, 0.5) is 0 Å². The van der Waals surface area contributed by atoms with E-state index in [0.29, 0.717) is 23.2 Å². The van der Waals surface area contributed by atoms with Crippen molar-refractivity contribution in [2.45, 2.75) is 83.2 Å². The van der Waals surface area contributed by atoms with Crippen LogP contribution >= 0.6 is 0 Å². The second-order valence-corrected chi connectivity index (χ2v) is 13.0. The molecular formula is C38H50N6OY-2. The molecule has 2 aromatic carbocycles. The summed E-state index contributed by atoms with van der Waals surface area (Å²) in [6.45, 7) is 6.39. The summed E-state index contributed by atoms with van der Waals surface area (Å²) in [6.07, 6.45) is 16.8. The summed E-state index contributed by atoms with van der Waals surface area (Å²) in [6, 6.07) is 22.7. The van der Waals surface area contributed by atoms with Crippen molar-refractivity contribution in [2.75, 3.05) is 26.2 Å². The third kappa shape index (κ3) is 10.9. The number of aryl methyl sites for hydroxylation is 1. The Hall–Kier alpha value is -2.29. The van der Waals surface area contributed by atoms with Crippen molar-refractivity contribution in [1.82, 2.24) is 14.9 Å². The van der Waals surface area contributed by atoms with Crippen LogP contribution in [0.15, 0.2) is 94.1 Å². The van der Waals surface area contributed by atoms with Gasteiger partial charge >= 0.3 is 0 Å². The van der Waals surface area contributed by atoms with Crippen LogP contribution in [0.25, 0.3) is 21.9 Å². The van der Waals surface area contributed by atoms with Gasteiger partial charge in [0.1, 0.15) is 0 Å². The van der Waals surface area contributed by atoms with E-state index in [4.69, 9.17) is 5.32 Å². The van der Waals surface area contributed by atoms with Gasteiger partial charge in [-0.05, 0) is 44.4 Å². The van der Waals surface area contributed by atoms with Gasteiger partial charge in [-0.1, -0.05) is 104 Å². The maximum Gasteiger partial charge on any atom is 0.253 e. The van der Waals surface area contributed by atoms with Crippen molar-refractivity contribution in [3.8, 4) is 11.3 Å². The number of allylic oxidation sites excluding steroid dienone is 1. The zero-order chi connectivity index (χ0) is 31.3. The molecule has 1 N–H and O–H groups in total. The minimum atomic E-state index is -0.0427. The van der Waals surface area contributed by atoms with Crippen LogP contribution in [0.3, 0.4) is 0 Å². The van der Waals surface area contributed by atoms with Gasteiger partial charge in [0.2, 0.25) is 0 Å². The van der Waals surface area contributed by atoms with Crippen LogP contribution in [0.5, 0.6) is 0 Å². The topological polar surface area (TPSA) is 87.5 Å². The van der Waals surface area contributed by atoms with Crippen molar-refractivity contribution in [1.29, 1.82) is 0 Å². The smallest absolute Gasteiger partial charge is 0.253 e. The van der Waals surface area contributed by atoms with E-state index in [-0.39, 0.29) is 38.3 Å². The number of nitrogens with zero attached hydrogens (tertiary/aromatic N) is 5. The molecule has 243 valence electrons. The van der Waals surface area contributed by atoms with Gasteiger partial charge in [-0.2, -0.15) is 0 Å². The predicted molar refractivity (Wildman–Crippen MR) is 187 cm³/mol. The number of piperidine rings is 2. The van der Waals surface area contributed by atoms with Crippen LogP contribution in [0.2, 0.25) is 0 Å². The Morgan fingerprint density at radius 2 is 1.70 bits per heavy atom. The average Bonchev–Trinajstić information content (AvgIpc) is 3.54. The number of benzene rings is 2. The van der Waals surface area contributed by atoms with Crippen molar-refractivity contribution in [3.63, 3.8) is 0 Å². The van der Waals surface area contributed by atoms with E-state index in [1.807, 2.05) is 36.5 Å². The van der Waals surface area contributed by atoms with E-state index in [2.05, 4.69) is 57.9 Å². The van der Waals surface area contributed by atoms with Gasteiger partial charge in [-0.3, -0.25) is 9.79 Å². The van der Waals surface area contributed by atoms with Gasteiger partial charge in [0.05, 0.1) is 17.7 Å². The number of hydrogen-bond donors (Lipinski definition) is 1. The molecule has 46 heavy (non-hydrogen) atoms. The molecule has 2 saturated heterocycles. The molecule has 4 heterocycles. The molecule has 4 aliphatic rings.